The van der Waals surface area contributed by atoms with E-state index in [1.165, 1.54) is 0 Å². The fourth-order valence-corrected chi connectivity index (χ4v) is 3.25. The minimum atomic E-state index is 0.347. The molecule has 26 heavy (non-hydrogen) atoms. The van der Waals surface area contributed by atoms with Gasteiger partial charge in [-0.3, -0.25) is 0 Å². The summed E-state index contributed by atoms with van der Waals surface area (Å²) in [4.78, 5) is 2.33. The molecule has 0 bridgehead atoms. The van der Waals surface area contributed by atoms with E-state index >= 15 is 0 Å². The molecule has 1 unspecified atom stereocenters. The Balaban J connectivity index is 2.00. The Bertz CT molecular complexity index is 892. The van der Waals surface area contributed by atoms with Crippen LogP contribution in [0, 0.1) is 25.2 Å². The Morgan fingerprint density at radius 3 is 2.69 bits per heavy atom. The van der Waals surface area contributed by atoms with Gasteiger partial charge in [-0.05, 0) is 46.2 Å². The van der Waals surface area contributed by atoms with Crippen molar-refractivity contribution in [2.24, 2.45) is 10.2 Å². The van der Waals surface area contributed by atoms with Gasteiger partial charge in [0.15, 0.2) is 5.82 Å². The van der Waals surface area contributed by atoms with Crippen LogP contribution in [0.4, 0.5) is 17.2 Å². The van der Waals surface area contributed by atoms with E-state index in [4.69, 9.17) is 4.74 Å². The van der Waals surface area contributed by atoms with Crippen LogP contribution in [0.3, 0.4) is 0 Å². The average molecular weight is 352 g/mol. The molecule has 0 radical (unpaired) electrons. The lowest BCUT2D eigenvalue weighted by Crippen LogP contribution is -2.40. The largest absolute Gasteiger partial charge is 0.489 e. The standard InChI is InChI=1S/C19H24N6O/c1-6-24-13(4)11-26-18-9-16(12(3)8-17(18)24)21-22-19-15(10-20)14(5)23-25(19)7-2/h8-9,13H,6-7,11H2,1-5H3. The van der Waals surface area contributed by atoms with Crippen molar-refractivity contribution in [1.29, 1.82) is 5.26 Å². The molecule has 1 aliphatic rings. The van der Waals surface area contributed by atoms with Crippen LogP contribution >= 0.6 is 0 Å². The molecule has 7 heteroatoms. The molecule has 0 amide bonds. The van der Waals surface area contributed by atoms with Gasteiger partial charge in [0, 0.05) is 19.2 Å². The monoisotopic (exact) mass is 352 g/mol. The lowest BCUT2D eigenvalue weighted by molar-refractivity contribution is 0.271. The maximum Gasteiger partial charge on any atom is 0.191 e. The zero-order chi connectivity index (χ0) is 18.8. The maximum atomic E-state index is 9.37. The number of rotatable bonds is 4. The molecule has 0 saturated carbocycles. The van der Waals surface area contributed by atoms with Crippen LogP contribution in [0.15, 0.2) is 22.4 Å². The van der Waals surface area contributed by atoms with E-state index in [-0.39, 0.29) is 0 Å². The fourth-order valence-electron chi connectivity index (χ4n) is 3.25. The zero-order valence-electron chi connectivity index (χ0n) is 15.9. The number of nitriles is 1. The smallest absolute Gasteiger partial charge is 0.191 e. The van der Waals surface area contributed by atoms with Crippen LogP contribution in [-0.4, -0.2) is 29.0 Å². The summed E-state index contributed by atoms with van der Waals surface area (Å²) in [6.45, 7) is 12.3. The van der Waals surface area contributed by atoms with Crippen molar-refractivity contribution in [2.75, 3.05) is 18.1 Å². The van der Waals surface area contributed by atoms with Gasteiger partial charge >= 0.3 is 0 Å². The van der Waals surface area contributed by atoms with Gasteiger partial charge in [0.05, 0.1) is 23.1 Å². The number of hydrogen-bond acceptors (Lipinski definition) is 6. The second kappa shape index (κ2) is 7.16. The first kappa shape index (κ1) is 17.9. The Hall–Kier alpha value is -2.88. The highest BCUT2D eigenvalue weighted by Crippen LogP contribution is 2.39. The Morgan fingerprint density at radius 1 is 1.27 bits per heavy atom. The molecule has 2 aromatic rings. The van der Waals surface area contributed by atoms with Gasteiger partial charge < -0.3 is 9.64 Å². The summed E-state index contributed by atoms with van der Waals surface area (Å²) in [5.74, 6) is 1.32. The van der Waals surface area contributed by atoms with E-state index in [0.717, 1.165) is 29.2 Å². The van der Waals surface area contributed by atoms with Crippen molar-refractivity contribution >= 4 is 17.2 Å². The molecule has 0 aliphatic carbocycles. The van der Waals surface area contributed by atoms with Gasteiger partial charge in [-0.15, -0.1) is 10.2 Å². The molecule has 1 aliphatic heterocycles. The summed E-state index contributed by atoms with van der Waals surface area (Å²) < 4.78 is 7.59. The van der Waals surface area contributed by atoms with E-state index in [9.17, 15) is 5.26 Å². The van der Waals surface area contributed by atoms with Crippen molar-refractivity contribution in [1.82, 2.24) is 9.78 Å². The van der Waals surface area contributed by atoms with Crippen molar-refractivity contribution in [3.63, 3.8) is 0 Å². The number of benzene rings is 1. The highest BCUT2D eigenvalue weighted by Gasteiger charge is 2.24. The molecule has 1 aromatic carbocycles. The Morgan fingerprint density at radius 2 is 2.04 bits per heavy atom. The van der Waals surface area contributed by atoms with Crippen molar-refractivity contribution in [3.8, 4) is 11.8 Å². The van der Waals surface area contributed by atoms with Crippen LogP contribution in [0.25, 0.3) is 0 Å². The van der Waals surface area contributed by atoms with E-state index in [0.29, 0.717) is 36.3 Å². The number of aromatic nitrogens is 2. The Labute approximate surface area is 153 Å². The van der Waals surface area contributed by atoms with Gasteiger partial charge in [-0.2, -0.15) is 10.4 Å². The Kier molecular flexibility index (Phi) is 4.94. The third-order valence-corrected chi connectivity index (χ3v) is 4.70. The minimum Gasteiger partial charge on any atom is -0.489 e. The minimum absolute atomic E-state index is 0.347. The van der Waals surface area contributed by atoms with Gasteiger partial charge in [0.25, 0.3) is 0 Å². The van der Waals surface area contributed by atoms with E-state index in [2.05, 4.69) is 46.2 Å². The lowest BCUT2D eigenvalue weighted by Gasteiger charge is -2.36. The molecule has 0 fully saturated rings. The van der Waals surface area contributed by atoms with Gasteiger partial charge in [-0.25, -0.2) is 4.68 Å². The highest BCUT2D eigenvalue weighted by atomic mass is 16.5. The van der Waals surface area contributed by atoms with Gasteiger partial charge in [0.2, 0.25) is 0 Å². The molecule has 0 saturated heterocycles. The number of hydrogen-bond donors (Lipinski definition) is 0. The molecule has 1 atom stereocenters. The SMILES string of the molecule is CCN1c2cc(C)c(N=Nc3c(C#N)c(C)nn3CC)cc2OCC1C. The highest BCUT2D eigenvalue weighted by molar-refractivity contribution is 5.68. The van der Waals surface area contributed by atoms with Crippen LogP contribution in [0.2, 0.25) is 0 Å². The molecular formula is C19H24N6O. The molecule has 7 nitrogen and oxygen atoms in total. The summed E-state index contributed by atoms with van der Waals surface area (Å²) in [5.41, 5.74) is 3.98. The number of ether oxygens (including phenoxy) is 1. The first-order valence-electron chi connectivity index (χ1n) is 8.93. The number of likely N-dealkylation sites (N-methyl/N-ethyl adjacent to an activating group) is 1. The van der Waals surface area contributed by atoms with Crippen LogP contribution in [0.1, 0.15) is 37.6 Å². The number of fused-ring (bicyclic) bond motifs is 1. The predicted molar refractivity (Wildman–Crippen MR) is 101 cm³/mol. The maximum absolute atomic E-state index is 9.37. The average Bonchev–Trinajstić information content (AvgIpc) is 2.94. The molecule has 0 N–H and O–H groups in total. The molecule has 0 spiro atoms. The van der Waals surface area contributed by atoms with E-state index < -0.39 is 0 Å². The normalized spacial score (nSPS) is 16.5. The third-order valence-electron chi connectivity index (χ3n) is 4.70. The molecule has 3 rings (SSSR count). The molecule has 2 heterocycles. The quantitative estimate of drug-likeness (QED) is 0.763. The second-order valence-corrected chi connectivity index (χ2v) is 6.46. The lowest BCUT2D eigenvalue weighted by atomic mass is 10.1. The first-order chi connectivity index (χ1) is 12.5. The molecular weight excluding hydrogens is 328 g/mol. The second-order valence-electron chi connectivity index (χ2n) is 6.46. The van der Waals surface area contributed by atoms with E-state index in [1.54, 1.807) is 4.68 Å². The zero-order valence-corrected chi connectivity index (χ0v) is 15.9. The number of nitrogens with zero attached hydrogens (tertiary/aromatic N) is 6. The van der Waals surface area contributed by atoms with Crippen molar-refractivity contribution in [3.05, 3.63) is 29.0 Å². The number of azo groups is 1. The summed E-state index contributed by atoms with van der Waals surface area (Å²) in [5, 5.41) is 22.4. The third kappa shape index (κ3) is 3.03. The summed E-state index contributed by atoms with van der Waals surface area (Å²) in [6.07, 6.45) is 0. The topological polar surface area (TPSA) is 78.8 Å². The molecule has 136 valence electrons. The van der Waals surface area contributed by atoms with Crippen molar-refractivity contribution in [2.45, 2.75) is 47.2 Å². The fraction of sp³-hybridized carbons (Fsp3) is 0.474. The van der Waals surface area contributed by atoms with Crippen molar-refractivity contribution < 1.29 is 4.74 Å². The van der Waals surface area contributed by atoms with Crippen LogP contribution in [0.5, 0.6) is 5.75 Å². The number of aryl methyl sites for hydroxylation is 3. The van der Waals surface area contributed by atoms with Gasteiger partial charge in [0.1, 0.15) is 24.0 Å². The first-order valence-corrected chi connectivity index (χ1v) is 8.93. The number of anilines is 1. The summed E-state index contributed by atoms with van der Waals surface area (Å²) in [6, 6.07) is 6.53. The van der Waals surface area contributed by atoms with Gasteiger partial charge in [-0.1, -0.05) is 0 Å². The van der Waals surface area contributed by atoms with Crippen LogP contribution in [-0.2, 0) is 6.54 Å². The predicted octanol–water partition coefficient (Wildman–Crippen LogP) is 4.41. The van der Waals surface area contributed by atoms with Crippen LogP contribution < -0.4 is 9.64 Å². The molecule has 1 aromatic heterocycles. The van der Waals surface area contributed by atoms with E-state index in [1.807, 2.05) is 26.8 Å². The summed E-state index contributed by atoms with van der Waals surface area (Å²) in [7, 11) is 0. The summed E-state index contributed by atoms with van der Waals surface area (Å²) >= 11 is 0.